The number of furan rings is 1. The van der Waals surface area contributed by atoms with Gasteiger partial charge in [0, 0.05) is 6.07 Å². The van der Waals surface area contributed by atoms with Crippen LogP contribution in [0.4, 0.5) is 17.1 Å². The van der Waals surface area contributed by atoms with Gasteiger partial charge in [-0.05, 0) is 38.5 Å². The number of hydrogen-bond acceptors (Lipinski definition) is 7. The van der Waals surface area contributed by atoms with E-state index in [0.717, 1.165) is 17.4 Å². The maximum atomic E-state index is 11.0. The molecular formula is C14H14N4O5. The first-order valence-corrected chi connectivity index (χ1v) is 6.60. The summed E-state index contributed by atoms with van der Waals surface area (Å²) in [4.78, 5) is 20.3. The number of nitrogens with zero attached hydrogens (tertiary/aromatic N) is 3. The summed E-state index contributed by atoms with van der Waals surface area (Å²) in [6.07, 6.45) is 0. The van der Waals surface area contributed by atoms with E-state index in [2.05, 4.69) is 10.5 Å². The van der Waals surface area contributed by atoms with E-state index >= 15 is 0 Å². The molecule has 0 radical (unpaired) electrons. The van der Waals surface area contributed by atoms with Crippen LogP contribution in [0.1, 0.15) is 24.0 Å². The van der Waals surface area contributed by atoms with Crippen LogP contribution in [0.5, 0.6) is 0 Å². The molecule has 1 N–H and O–H groups in total. The highest BCUT2D eigenvalue weighted by atomic mass is 16.6. The van der Waals surface area contributed by atoms with Crippen molar-refractivity contribution in [3.63, 3.8) is 0 Å². The maximum Gasteiger partial charge on any atom is 0.301 e. The number of benzene rings is 1. The van der Waals surface area contributed by atoms with E-state index in [4.69, 9.17) is 4.42 Å². The van der Waals surface area contributed by atoms with Crippen LogP contribution in [0.3, 0.4) is 0 Å². The number of nitrogens with one attached hydrogen (secondary N) is 1. The van der Waals surface area contributed by atoms with E-state index in [0.29, 0.717) is 11.5 Å². The molecular weight excluding hydrogens is 304 g/mol. The van der Waals surface area contributed by atoms with E-state index in [1.165, 1.54) is 12.1 Å². The molecule has 1 aromatic heterocycles. The van der Waals surface area contributed by atoms with Gasteiger partial charge in [-0.1, -0.05) is 0 Å². The lowest BCUT2D eigenvalue weighted by atomic mass is 10.2. The quantitative estimate of drug-likeness (QED) is 0.510. The van der Waals surface area contributed by atoms with Crippen molar-refractivity contribution in [2.45, 2.75) is 20.8 Å². The molecule has 0 aliphatic rings. The third-order valence-corrected chi connectivity index (χ3v) is 3.10. The standard InChI is InChI=1S/C14H14N4O5/c1-8-6-9(2)23-14(8)10(3)15-16-12-5-4-11(17(19)20)7-13(12)18(21)22/h4-7,16H,1-3H3/b15-10-. The first-order chi connectivity index (χ1) is 10.8. The van der Waals surface area contributed by atoms with E-state index in [-0.39, 0.29) is 11.4 Å². The fourth-order valence-electron chi connectivity index (χ4n) is 2.07. The zero-order valence-electron chi connectivity index (χ0n) is 12.7. The van der Waals surface area contributed by atoms with Crippen molar-refractivity contribution in [1.29, 1.82) is 0 Å². The van der Waals surface area contributed by atoms with Gasteiger partial charge < -0.3 is 4.42 Å². The van der Waals surface area contributed by atoms with Gasteiger partial charge in [0.25, 0.3) is 5.69 Å². The Morgan fingerprint density at radius 3 is 2.39 bits per heavy atom. The van der Waals surface area contributed by atoms with Crippen molar-refractivity contribution in [3.05, 3.63) is 61.6 Å². The highest BCUT2D eigenvalue weighted by Gasteiger charge is 2.19. The summed E-state index contributed by atoms with van der Waals surface area (Å²) in [6, 6.07) is 5.15. The smallest absolute Gasteiger partial charge is 0.301 e. The molecule has 1 heterocycles. The Morgan fingerprint density at radius 2 is 1.87 bits per heavy atom. The molecule has 0 aliphatic heterocycles. The van der Waals surface area contributed by atoms with E-state index in [9.17, 15) is 20.2 Å². The lowest BCUT2D eigenvalue weighted by molar-refractivity contribution is -0.393. The second-order valence-electron chi connectivity index (χ2n) is 4.89. The Kier molecular flexibility index (Phi) is 4.39. The molecule has 0 fully saturated rings. The zero-order valence-corrected chi connectivity index (χ0v) is 12.7. The van der Waals surface area contributed by atoms with E-state index in [1.54, 1.807) is 13.8 Å². The molecule has 2 aromatic rings. The van der Waals surface area contributed by atoms with Gasteiger partial charge in [0.05, 0.1) is 15.9 Å². The molecule has 9 heteroatoms. The Morgan fingerprint density at radius 1 is 1.17 bits per heavy atom. The summed E-state index contributed by atoms with van der Waals surface area (Å²) >= 11 is 0. The Labute approximate surface area is 130 Å². The third-order valence-electron chi connectivity index (χ3n) is 3.10. The third kappa shape index (κ3) is 3.51. The maximum absolute atomic E-state index is 11.0. The predicted octanol–water partition coefficient (Wildman–Crippen LogP) is 3.55. The summed E-state index contributed by atoms with van der Waals surface area (Å²) in [5, 5.41) is 25.8. The SMILES string of the molecule is C/C(=N/Nc1ccc([N+](=O)[O-])cc1[N+](=O)[O-])c1oc(C)cc1C. The van der Waals surface area contributed by atoms with Crippen molar-refractivity contribution in [1.82, 2.24) is 0 Å². The summed E-state index contributed by atoms with van der Waals surface area (Å²) in [5.74, 6) is 1.30. The Hall–Kier alpha value is -3.23. The molecule has 0 atom stereocenters. The van der Waals surface area contributed by atoms with Crippen molar-refractivity contribution in [3.8, 4) is 0 Å². The van der Waals surface area contributed by atoms with Crippen LogP contribution in [-0.2, 0) is 0 Å². The van der Waals surface area contributed by atoms with Crippen LogP contribution in [0.2, 0.25) is 0 Å². The molecule has 0 saturated carbocycles. The monoisotopic (exact) mass is 318 g/mol. The summed E-state index contributed by atoms with van der Waals surface area (Å²) in [7, 11) is 0. The van der Waals surface area contributed by atoms with Crippen LogP contribution in [0.25, 0.3) is 0 Å². The molecule has 0 unspecified atom stereocenters. The number of aryl methyl sites for hydroxylation is 2. The summed E-state index contributed by atoms with van der Waals surface area (Å²) < 4.78 is 5.50. The van der Waals surface area contributed by atoms with Crippen LogP contribution >= 0.6 is 0 Å². The molecule has 23 heavy (non-hydrogen) atoms. The number of rotatable bonds is 5. The number of nitro groups is 2. The molecule has 2 rings (SSSR count). The topological polar surface area (TPSA) is 124 Å². The predicted molar refractivity (Wildman–Crippen MR) is 83.8 cm³/mol. The summed E-state index contributed by atoms with van der Waals surface area (Å²) in [6.45, 7) is 5.35. The van der Waals surface area contributed by atoms with Crippen LogP contribution in [-0.4, -0.2) is 15.6 Å². The Bertz CT molecular complexity index is 809. The second-order valence-corrected chi connectivity index (χ2v) is 4.89. The van der Waals surface area contributed by atoms with Gasteiger partial charge in [0.2, 0.25) is 0 Å². The molecule has 120 valence electrons. The van der Waals surface area contributed by atoms with Gasteiger partial charge >= 0.3 is 5.69 Å². The van der Waals surface area contributed by atoms with Crippen LogP contribution < -0.4 is 5.43 Å². The van der Waals surface area contributed by atoms with Crippen LogP contribution in [0, 0.1) is 34.1 Å². The molecule has 9 nitrogen and oxygen atoms in total. The highest BCUT2D eigenvalue weighted by Crippen LogP contribution is 2.29. The average molecular weight is 318 g/mol. The molecule has 0 amide bonds. The Balaban J connectivity index is 2.32. The first-order valence-electron chi connectivity index (χ1n) is 6.60. The lowest BCUT2D eigenvalue weighted by Crippen LogP contribution is -2.02. The zero-order chi connectivity index (χ0) is 17.1. The summed E-state index contributed by atoms with van der Waals surface area (Å²) in [5.41, 5.74) is 3.22. The lowest BCUT2D eigenvalue weighted by Gasteiger charge is -2.04. The number of hydrogen-bond donors (Lipinski definition) is 1. The minimum Gasteiger partial charge on any atom is -0.460 e. The van der Waals surface area contributed by atoms with Gasteiger partial charge in [0.1, 0.15) is 17.2 Å². The number of hydrazone groups is 1. The number of non-ortho nitro benzene ring substituents is 1. The minimum absolute atomic E-state index is 0.0564. The molecule has 0 saturated heterocycles. The first kappa shape index (κ1) is 16.1. The number of nitro benzene ring substituents is 2. The van der Waals surface area contributed by atoms with Gasteiger partial charge in [-0.15, -0.1) is 0 Å². The molecule has 1 aromatic carbocycles. The van der Waals surface area contributed by atoms with Crippen molar-refractivity contribution >= 4 is 22.8 Å². The fourth-order valence-corrected chi connectivity index (χ4v) is 2.07. The minimum atomic E-state index is -0.706. The van der Waals surface area contributed by atoms with Crippen LogP contribution in [0.15, 0.2) is 33.8 Å². The fraction of sp³-hybridized carbons (Fsp3) is 0.214. The average Bonchev–Trinajstić information content (AvgIpc) is 2.83. The van der Waals surface area contributed by atoms with Gasteiger partial charge in [-0.25, -0.2) is 0 Å². The molecule has 0 bridgehead atoms. The second kappa shape index (κ2) is 6.26. The normalized spacial score (nSPS) is 11.3. The highest BCUT2D eigenvalue weighted by molar-refractivity contribution is 5.98. The van der Waals surface area contributed by atoms with E-state index in [1.807, 2.05) is 13.0 Å². The van der Waals surface area contributed by atoms with Gasteiger partial charge in [-0.3, -0.25) is 25.7 Å². The van der Waals surface area contributed by atoms with Crippen molar-refractivity contribution in [2.24, 2.45) is 5.10 Å². The van der Waals surface area contributed by atoms with Crippen molar-refractivity contribution < 1.29 is 14.3 Å². The largest absolute Gasteiger partial charge is 0.460 e. The van der Waals surface area contributed by atoms with Gasteiger partial charge in [-0.2, -0.15) is 5.10 Å². The van der Waals surface area contributed by atoms with Gasteiger partial charge in [0.15, 0.2) is 5.76 Å². The molecule has 0 aliphatic carbocycles. The van der Waals surface area contributed by atoms with Crippen molar-refractivity contribution in [2.75, 3.05) is 5.43 Å². The number of anilines is 1. The van der Waals surface area contributed by atoms with E-state index < -0.39 is 15.5 Å². The molecule has 0 spiro atoms.